The number of esters is 4. The molecule has 0 rings (SSSR count). The molecule has 0 bridgehead atoms. The van der Waals surface area contributed by atoms with Crippen LogP contribution in [0.1, 0.15) is 382 Å². The second-order valence-electron chi connectivity index (χ2n) is 27.6. The Bertz CT molecular complexity index is 1800. The summed E-state index contributed by atoms with van der Waals surface area (Å²) < 4.78 is 68.4. The fraction of sp³-hybridized carbons (Fsp3) is 0.946. The normalized spacial score (nSPS) is 14.1. The van der Waals surface area contributed by atoms with Crippen LogP contribution in [0.25, 0.3) is 0 Å². The number of carbonyl (C=O) groups excluding carboxylic acids is 4. The Morgan fingerprint density at radius 2 is 0.495 bits per heavy atom. The molecule has 0 aromatic heterocycles. The Kier molecular flexibility index (Phi) is 64.6. The molecular weight excluding hydrogens is 1220 g/mol. The lowest BCUT2D eigenvalue weighted by molar-refractivity contribution is -0.161. The molecule has 17 nitrogen and oxygen atoms in total. The van der Waals surface area contributed by atoms with Gasteiger partial charge in [0.25, 0.3) is 0 Å². The highest BCUT2D eigenvalue weighted by molar-refractivity contribution is 7.47. The first-order chi connectivity index (χ1) is 44.9. The van der Waals surface area contributed by atoms with E-state index in [1.165, 1.54) is 193 Å². The maximum absolute atomic E-state index is 13.1. The first-order valence-electron chi connectivity index (χ1n) is 38.5. The molecule has 0 aliphatic heterocycles. The highest BCUT2D eigenvalue weighted by Crippen LogP contribution is 2.45. The monoisotopic (exact) mass is 1370 g/mol. The molecule has 0 spiro atoms. The van der Waals surface area contributed by atoms with E-state index in [-0.39, 0.29) is 25.7 Å². The lowest BCUT2D eigenvalue weighted by atomic mass is 10.0. The first kappa shape index (κ1) is 91.1. The maximum atomic E-state index is 13.1. The Morgan fingerprint density at radius 3 is 0.731 bits per heavy atom. The third-order valence-corrected chi connectivity index (χ3v) is 19.1. The number of phosphoric acid groups is 2. The second kappa shape index (κ2) is 66.0. The van der Waals surface area contributed by atoms with Gasteiger partial charge < -0.3 is 33.8 Å². The van der Waals surface area contributed by atoms with Gasteiger partial charge in [-0.2, -0.15) is 0 Å². The van der Waals surface area contributed by atoms with E-state index in [9.17, 15) is 43.2 Å². The van der Waals surface area contributed by atoms with Crippen molar-refractivity contribution in [2.75, 3.05) is 39.6 Å². The van der Waals surface area contributed by atoms with Crippen LogP contribution in [0.3, 0.4) is 0 Å². The zero-order valence-electron chi connectivity index (χ0n) is 60.6. The number of hydrogen-bond acceptors (Lipinski definition) is 15. The van der Waals surface area contributed by atoms with E-state index >= 15 is 0 Å². The average Bonchev–Trinajstić information content (AvgIpc) is 2.54. The lowest BCUT2D eigenvalue weighted by Crippen LogP contribution is -2.30. The lowest BCUT2D eigenvalue weighted by Gasteiger charge is -2.21. The van der Waals surface area contributed by atoms with Crippen LogP contribution in [-0.4, -0.2) is 96.7 Å². The zero-order chi connectivity index (χ0) is 68.6. The largest absolute Gasteiger partial charge is 0.472 e. The molecule has 5 atom stereocenters. The fourth-order valence-electron chi connectivity index (χ4n) is 11.3. The van der Waals surface area contributed by atoms with Crippen LogP contribution in [0, 0.1) is 11.8 Å². The van der Waals surface area contributed by atoms with Crippen molar-refractivity contribution >= 4 is 39.5 Å². The van der Waals surface area contributed by atoms with Crippen molar-refractivity contribution in [2.45, 2.75) is 400 Å². The summed E-state index contributed by atoms with van der Waals surface area (Å²) in [5.74, 6) is -0.550. The standard InChI is InChI=1S/C74H144O17P2/c1-7-9-11-13-15-17-18-19-22-29-34-40-46-52-58-73(78)90-69(62-84-71(76)56-50-44-38-16-14-12-10-8-2)64-88-92(80,81)86-60-68(75)61-87-93(82,83)89-65-70(63-85-72(77)57-51-45-39-33-28-25-24-27-32-37-43-49-55-67(5)6)91-74(79)59-53-47-41-35-30-23-20-21-26-31-36-42-48-54-66(3)4/h66-70,75H,7-65H2,1-6H3,(H,80,81)(H,82,83)/t68-,69+,70+/m0/s1. The molecular formula is C74H144O17P2. The second-order valence-corrected chi connectivity index (χ2v) is 30.5. The molecule has 0 aromatic rings. The summed E-state index contributed by atoms with van der Waals surface area (Å²) in [6.45, 7) is 9.59. The molecule has 0 aliphatic rings. The zero-order valence-corrected chi connectivity index (χ0v) is 62.3. The van der Waals surface area contributed by atoms with Crippen molar-refractivity contribution in [3.05, 3.63) is 0 Å². The first-order valence-corrected chi connectivity index (χ1v) is 41.5. The van der Waals surface area contributed by atoms with Gasteiger partial charge in [0.1, 0.15) is 19.3 Å². The molecule has 0 amide bonds. The van der Waals surface area contributed by atoms with Crippen LogP contribution in [0.4, 0.5) is 0 Å². The van der Waals surface area contributed by atoms with Crippen LogP contribution in [0.15, 0.2) is 0 Å². The van der Waals surface area contributed by atoms with Crippen LogP contribution >= 0.6 is 15.6 Å². The Morgan fingerprint density at radius 1 is 0.290 bits per heavy atom. The maximum Gasteiger partial charge on any atom is 0.472 e. The summed E-state index contributed by atoms with van der Waals surface area (Å²) in [5.41, 5.74) is 0. The molecule has 2 unspecified atom stereocenters. The number of aliphatic hydroxyl groups is 1. The number of rotatable bonds is 73. The van der Waals surface area contributed by atoms with E-state index in [4.69, 9.17) is 37.0 Å². The predicted octanol–water partition coefficient (Wildman–Crippen LogP) is 21.6. The van der Waals surface area contributed by atoms with Crippen molar-refractivity contribution in [2.24, 2.45) is 11.8 Å². The Balaban J connectivity index is 5.22. The summed E-state index contributed by atoms with van der Waals surface area (Å²) in [7, 11) is -9.90. The molecule has 0 aromatic carbocycles. The third-order valence-electron chi connectivity index (χ3n) is 17.2. The van der Waals surface area contributed by atoms with E-state index in [1.54, 1.807) is 0 Å². The minimum Gasteiger partial charge on any atom is -0.462 e. The topological polar surface area (TPSA) is 237 Å². The van der Waals surface area contributed by atoms with Crippen molar-refractivity contribution in [1.82, 2.24) is 0 Å². The number of unbranched alkanes of at least 4 members (excludes halogenated alkanes) is 43. The van der Waals surface area contributed by atoms with E-state index in [0.717, 1.165) is 108 Å². The molecule has 3 N–H and O–H groups in total. The quantitative estimate of drug-likeness (QED) is 0.0222. The van der Waals surface area contributed by atoms with E-state index < -0.39 is 97.5 Å². The number of phosphoric ester groups is 2. The highest BCUT2D eigenvalue weighted by atomic mass is 31.2. The van der Waals surface area contributed by atoms with Gasteiger partial charge in [-0.25, -0.2) is 9.13 Å². The smallest absolute Gasteiger partial charge is 0.462 e. The minimum absolute atomic E-state index is 0.107. The summed E-state index contributed by atoms with van der Waals surface area (Å²) in [6, 6.07) is 0. The van der Waals surface area contributed by atoms with Crippen LogP contribution in [0.5, 0.6) is 0 Å². The summed E-state index contributed by atoms with van der Waals surface area (Å²) in [6.07, 6.45) is 52.6. The highest BCUT2D eigenvalue weighted by Gasteiger charge is 2.30. The fourth-order valence-corrected chi connectivity index (χ4v) is 12.9. The molecule has 0 saturated heterocycles. The molecule has 19 heteroatoms. The van der Waals surface area contributed by atoms with Gasteiger partial charge in [-0.1, -0.05) is 330 Å². The molecule has 93 heavy (non-hydrogen) atoms. The number of ether oxygens (including phenoxy) is 4. The molecule has 0 aliphatic carbocycles. The van der Waals surface area contributed by atoms with Crippen molar-refractivity contribution in [3.8, 4) is 0 Å². The molecule has 0 fully saturated rings. The van der Waals surface area contributed by atoms with Gasteiger partial charge in [0.05, 0.1) is 26.4 Å². The van der Waals surface area contributed by atoms with Gasteiger partial charge in [-0.3, -0.25) is 37.3 Å². The van der Waals surface area contributed by atoms with E-state index in [2.05, 4.69) is 41.5 Å². The van der Waals surface area contributed by atoms with E-state index in [0.29, 0.717) is 25.7 Å². The van der Waals surface area contributed by atoms with Gasteiger partial charge in [-0.05, 0) is 37.5 Å². The number of aliphatic hydroxyl groups excluding tert-OH is 1. The summed E-state index contributed by atoms with van der Waals surface area (Å²) in [4.78, 5) is 72.7. The van der Waals surface area contributed by atoms with Gasteiger partial charge in [-0.15, -0.1) is 0 Å². The number of hydrogen-bond donors (Lipinski definition) is 3. The average molecular weight is 1370 g/mol. The molecule has 0 heterocycles. The minimum atomic E-state index is -4.95. The molecule has 0 saturated carbocycles. The van der Waals surface area contributed by atoms with Crippen molar-refractivity contribution in [1.29, 1.82) is 0 Å². The molecule has 0 radical (unpaired) electrons. The third kappa shape index (κ3) is 68.4. The SMILES string of the molecule is CCCCCCCCCCCCCCCCC(=O)O[C@H](COC(=O)CCCCCCCCCC)COP(=O)(O)OC[C@H](O)COP(=O)(O)OC[C@@H](COC(=O)CCCCCCCCCCCCCCC(C)C)OC(=O)CCCCCCCCCCCCCCCC(C)C. The Labute approximate surface area is 568 Å². The van der Waals surface area contributed by atoms with Gasteiger partial charge >= 0.3 is 39.5 Å². The van der Waals surface area contributed by atoms with Crippen LogP contribution < -0.4 is 0 Å². The van der Waals surface area contributed by atoms with Crippen molar-refractivity contribution < 1.29 is 80.2 Å². The van der Waals surface area contributed by atoms with Crippen LogP contribution in [-0.2, 0) is 65.4 Å². The van der Waals surface area contributed by atoms with Crippen molar-refractivity contribution in [3.63, 3.8) is 0 Å². The van der Waals surface area contributed by atoms with E-state index in [1.807, 2.05) is 0 Å². The van der Waals surface area contributed by atoms with Gasteiger partial charge in [0, 0.05) is 25.7 Å². The summed E-state index contributed by atoms with van der Waals surface area (Å²) in [5, 5.41) is 10.6. The van der Waals surface area contributed by atoms with Gasteiger partial charge in [0.15, 0.2) is 12.2 Å². The van der Waals surface area contributed by atoms with Gasteiger partial charge in [0.2, 0.25) is 0 Å². The number of carbonyl (C=O) groups is 4. The molecule has 552 valence electrons. The summed E-state index contributed by atoms with van der Waals surface area (Å²) >= 11 is 0. The van der Waals surface area contributed by atoms with Crippen LogP contribution in [0.2, 0.25) is 0 Å². The Hall–Kier alpha value is -1.94. The predicted molar refractivity (Wildman–Crippen MR) is 377 cm³/mol.